The summed E-state index contributed by atoms with van der Waals surface area (Å²) in [6.07, 6.45) is -0.777. The number of carbonyl (C=O) groups excluding carboxylic acids is 1. The Labute approximate surface area is 126 Å². The molecule has 20 heavy (non-hydrogen) atoms. The van der Waals surface area contributed by atoms with Crippen molar-refractivity contribution in [3.63, 3.8) is 0 Å². The monoisotopic (exact) mass is 341 g/mol. The van der Waals surface area contributed by atoms with Crippen LogP contribution in [-0.4, -0.2) is 39.2 Å². The van der Waals surface area contributed by atoms with Crippen molar-refractivity contribution >= 4 is 36.7 Å². The van der Waals surface area contributed by atoms with Crippen LogP contribution in [0.25, 0.3) is 0 Å². The molecule has 0 aliphatic heterocycles. The molecule has 1 aromatic rings. The molecule has 1 atom stereocenters. The van der Waals surface area contributed by atoms with E-state index in [-0.39, 0.29) is 11.4 Å². The lowest BCUT2D eigenvalue weighted by atomic mass is 9.97. The number of hydrogen-bond donors (Lipinski definition) is 3. The zero-order valence-electron chi connectivity index (χ0n) is 10.5. The molecular weight excluding hydrogens is 328 g/mol. The lowest BCUT2D eigenvalue weighted by Gasteiger charge is -2.19. The molecular formula is C11H14Cl2NO5P. The van der Waals surface area contributed by atoms with E-state index in [2.05, 4.69) is 0 Å². The number of halogens is 2. The Morgan fingerprint density at radius 2 is 1.95 bits per heavy atom. The van der Waals surface area contributed by atoms with Gasteiger partial charge in [0.1, 0.15) is 0 Å². The Balaban J connectivity index is 3.06. The molecule has 0 bridgehead atoms. The fraction of sp³-hybridized carbons (Fsp3) is 0.364. The van der Waals surface area contributed by atoms with E-state index in [1.165, 1.54) is 12.1 Å². The fourth-order valence-electron chi connectivity index (χ4n) is 1.68. The van der Waals surface area contributed by atoms with Crippen molar-refractivity contribution in [2.75, 3.05) is 13.2 Å². The van der Waals surface area contributed by atoms with Crippen LogP contribution in [0.5, 0.6) is 0 Å². The predicted octanol–water partition coefficient (Wildman–Crippen LogP) is 2.49. The van der Waals surface area contributed by atoms with Crippen LogP contribution in [0.15, 0.2) is 18.2 Å². The molecule has 1 unspecified atom stereocenters. The quantitative estimate of drug-likeness (QED) is 0.434. The largest absolute Gasteiger partial charge is 0.326 e. The van der Waals surface area contributed by atoms with E-state index in [0.717, 1.165) is 7.05 Å². The zero-order valence-corrected chi connectivity index (χ0v) is 12.9. The van der Waals surface area contributed by atoms with E-state index in [1.54, 1.807) is 6.07 Å². The van der Waals surface area contributed by atoms with Crippen molar-refractivity contribution in [2.45, 2.75) is 12.3 Å². The second kappa shape index (κ2) is 6.89. The Morgan fingerprint density at radius 1 is 1.35 bits per heavy atom. The van der Waals surface area contributed by atoms with Crippen molar-refractivity contribution in [1.29, 1.82) is 0 Å². The van der Waals surface area contributed by atoms with E-state index in [4.69, 9.17) is 38.2 Å². The van der Waals surface area contributed by atoms with Gasteiger partial charge in [-0.05, 0) is 17.7 Å². The number of rotatable bonds is 5. The van der Waals surface area contributed by atoms with Gasteiger partial charge in [0.2, 0.25) is 5.91 Å². The van der Waals surface area contributed by atoms with Gasteiger partial charge >= 0.3 is 7.60 Å². The molecule has 1 aromatic carbocycles. The van der Waals surface area contributed by atoms with Crippen LogP contribution >= 0.6 is 30.8 Å². The minimum absolute atomic E-state index is 0.227. The average molecular weight is 342 g/mol. The Hall–Kier alpha value is -0.620. The van der Waals surface area contributed by atoms with Gasteiger partial charge < -0.3 is 9.79 Å². The molecule has 0 aliphatic rings. The number of amides is 1. The molecule has 0 aromatic heterocycles. The summed E-state index contributed by atoms with van der Waals surface area (Å²) >= 11 is 11.6. The topological polar surface area (TPSA) is 98.1 Å². The second-order valence-electron chi connectivity index (χ2n) is 4.34. The van der Waals surface area contributed by atoms with Crippen LogP contribution in [0, 0.1) is 0 Å². The number of carbonyl (C=O) groups is 1. The number of nitrogens with zero attached hydrogens (tertiary/aromatic N) is 1. The highest BCUT2D eigenvalue weighted by molar-refractivity contribution is 7.51. The summed E-state index contributed by atoms with van der Waals surface area (Å²) in [5.41, 5.74) is 0.470. The number of hydrogen-bond acceptors (Lipinski definition) is 3. The van der Waals surface area contributed by atoms with Gasteiger partial charge in [-0.3, -0.25) is 14.6 Å². The molecule has 0 heterocycles. The first kappa shape index (κ1) is 17.4. The summed E-state index contributed by atoms with van der Waals surface area (Å²) in [6.45, 7) is 0. The predicted molar refractivity (Wildman–Crippen MR) is 75.3 cm³/mol. The maximum absolute atomic E-state index is 11.5. The van der Waals surface area contributed by atoms with Gasteiger partial charge in [-0.15, -0.1) is 0 Å². The minimum atomic E-state index is -4.33. The van der Waals surface area contributed by atoms with E-state index in [1.807, 2.05) is 0 Å². The highest BCUT2D eigenvalue weighted by Crippen LogP contribution is 2.42. The first-order valence-corrected chi connectivity index (χ1v) is 8.10. The van der Waals surface area contributed by atoms with Gasteiger partial charge in [0.25, 0.3) is 0 Å². The summed E-state index contributed by atoms with van der Waals surface area (Å²) in [5, 5.41) is 9.96. The van der Waals surface area contributed by atoms with Gasteiger partial charge in [0.15, 0.2) is 0 Å². The molecule has 9 heteroatoms. The number of benzene rings is 1. The van der Waals surface area contributed by atoms with Crippen LogP contribution in [0.3, 0.4) is 0 Å². The van der Waals surface area contributed by atoms with Gasteiger partial charge in [0.05, 0.1) is 16.2 Å². The Bertz CT molecular complexity index is 546. The highest BCUT2D eigenvalue weighted by atomic mass is 35.5. The average Bonchev–Trinajstić information content (AvgIpc) is 2.29. The molecule has 0 aliphatic carbocycles. The summed E-state index contributed by atoms with van der Waals surface area (Å²) in [5.74, 6) is -1.43. The van der Waals surface area contributed by atoms with Gasteiger partial charge in [-0.1, -0.05) is 29.3 Å². The standard InChI is InChI=1S/C11H14Cl2NO5P/c1-14(16)11(15)5-8(6-20(17,18)19)7-2-3-9(12)10(13)4-7/h2-4,8,16H,5-6H2,1H3,(H2,17,18,19). The maximum atomic E-state index is 11.5. The van der Waals surface area contributed by atoms with Crippen molar-refractivity contribution in [1.82, 2.24) is 5.06 Å². The molecule has 1 amide bonds. The Morgan fingerprint density at radius 3 is 2.40 bits per heavy atom. The van der Waals surface area contributed by atoms with E-state index < -0.39 is 25.6 Å². The molecule has 0 saturated heterocycles. The third kappa shape index (κ3) is 5.40. The smallest absolute Gasteiger partial charge is 0.324 e. The van der Waals surface area contributed by atoms with E-state index >= 15 is 0 Å². The van der Waals surface area contributed by atoms with Crippen LogP contribution in [0.2, 0.25) is 10.0 Å². The lowest BCUT2D eigenvalue weighted by Crippen LogP contribution is -2.25. The summed E-state index contributed by atoms with van der Waals surface area (Å²) in [6, 6.07) is 4.48. The van der Waals surface area contributed by atoms with E-state index in [0.29, 0.717) is 15.6 Å². The van der Waals surface area contributed by atoms with E-state index in [9.17, 15) is 9.36 Å². The van der Waals surface area contributed by atoms with Crippen molar-refractivity contribution in [3.8, 4) is 0 Å². The molecule has 112 valence electrons. The zero-order chi connectivity index (χ0) is 15.5. The van der Waals surface area contributed by atoms with Gasteiger partial charge in [-0.2, -0.15) is 0 Å². The first-order valence-electron chi connectivity index (χ1n) is 5.55. The van der Waals surface area contributed by atoms with Crippen LogP contribution in [-0.2, 0) is 9.36 Å². The molecule has 0 radical (unpaired) electrons. The lowest BCUT2D eigenvalue weighted by molar-refractivity contribution is -0.159. The van der Waals surface area contributed by atoms with Crippen LogP contribution in [0.1, 0.15) is 17.9 Å². The summed E-state index contributed by atoms with van der Waals surface area (Å²) in [4.78, 5) is 29.7. The maximum Gasteiger partial charge on any atom is 0.326 e. The molecule has 0 saturated carbocycles. The molecule has 6 nitrogen and oxygen atoms in total. The highest BCUT2D eigenvalue weighted by Gasteiger charge is 2.26. The van der Waals surface area contributed by atoms with Gasteiger partial charge in [0, 0.05) is 19.4 Å². The number of hydroxylamine groups is 2. The second-order valence-corrected chi connectivity index (χ2v) is 6.85. The Kier molecular flexibility index (Phi) is 6.01. The SMILES string of the molecule is CN(O)C(=O)CC(CP(=O)(O)O)c1ccc(Cl)c(Cl)c1. The summed E-state index contributed by atoms with van der Waals surface area (Å²) in [7, 11) is -3.18. The van der Waals surface area contributed by atoms with Crippen molar-refractivity contribution in [2.24, 2.45) is 0 Å². The fourth-order valence-corrected chi connectivity index (χ4v) is 2.90. The molecule has 1 rings (SSSR count). The van der Waals surface area contributed by atoms with Crippen molar-refractivity contribution < 1.29 is 24.4 Å². The third-order valence-corrected chi connectivity index (χ3v) is 4.31. The molecule has 0 fully saturated rings. The third-order valence-electron chi connectivity index (χ3n) is 2.66. The van der Waals surface area contributed by atoms with Crippen LogP contribution < -0.4 is 0 Å². The van der Waals surface area contributed by atoms with Crippen molar-refractivity contribution in [3.05, 3.63) is 33.8 Å². The molecule has 3 N–H and O–H groups in total. The summed E-state index contributed by atoms with van der Waals surface area (Å²) < 4.78 is 11.2. The van der Waals surface area contributed by atoms with Gasteiger partial charge in [-0.25, -0.2) is 5.06 Å². The first-order chi connectivity index (χ1) is 9.10. The normalized spacial score (nSPS) is 13.1. The minimum Gasteiger partial charge on any atom is -0.324 e. The van der Waals surface area contributed by atoms with Crippen LogP contribution in [0.4, 0.5) is 0 Å². The molecule has 0 spiro atoms.